The molecule has 1 fully saturated rings. The largest absolute Gasteiger partial charge is 0.399 e. The predicted octanol–water partition coefficient (Wildman–Crippen LogP) is 1.66. The Morgan fingerprint density at radius 1 is 1.26 bits per heavy atom. The van der Waals surface area contributed by atoms with E-state index in [0.29, 0.717) is 12.1 Å². The van der Waals surface area contributed by atoms with Crippen LogP contribution in [-0.4, -0.2) is 33.4 Å². The van der Waals surface area contributed by atoms with Crippen molar-refractivity contribution in [3.63, 3.8) is 0 Å². The van der Waals surface area contributed by atoms with Gasteiger partial charge in [-0.2, -0.15) is 0 Å². The third-order valence-electron chi connectivity index (χ3n) is 3.70. The van der Waals surface area contributed by atoms with Gasteiger partial charge in [0, 0.05) is 18.4 Å². The first-order chi connectivity index (χ1) is 9.28. The van der Waals surface area contributed by atoms with Crippen LogP contribution in [0.2, 0.25) is 0 Å². The van der Waals surface area contributed by atoms with Gasteiger partial charge < -0.3 is 10.5 Å². The van der Waals surface area contributed by atoms with Crippen LogP contribution in [0.15, 0.2) is 24.3 Å². The number of hydrogen-bond donors (Lipinski definition) is 1. The van der Waals surface area contributed by atoms with E-state index in [-0.39, 0.29) is 0 Å². The Morgan fingerprint density at radius 3 is 2.74 bits per heavy atom. The molecule has 2 atom stereocenters. The fourth-order valence-electron chi connectivity index (χ4n) is 2.62. The summed E-state index contributed by atoms with van der Waals surface area (Å²) in [5.41, 5.74) is 7.43. The lowest BCUT2D eigenvalue weighted by molar-refractivity contribution is 0.105. The molecule has 6 heteroatoms. The highest BCUT2D eigenvalue weighted by Crippen LogP contribution is 2.33. The fourth-order valence-corrected chi connectivity index (χ4v) is 2.62. The quantitative estimate of drug-likeness (QED) is 0.848. The minimum Gasteiger partial charge on any atom is -0.399 e. The Balaban J connectivity index is 1.88. The molecule has 6 nitrogen and oxygen atoms in total. The van der Waals surface area contributed by atoms with Crippen molar-refractivity contribution in [1.29, 1.82) is 0 Å². The number of benzene rings is 1. The predicted molar refractivity (Wildman–Crippen MR) is 71.4 cm³/mol. The Hall–Kier alpha value is -1.95. The molecule has 19 heavy (non-hydrogen) atoms. The Labute approximate surface area is 111 Å². The summed E-state index contributed by atoms with van der Waals surface area (Å²) in [6.45, 7) is 0. The molecule has 0 radical (unpaired) electrons. The molecule has 2 N–H and O–H groups in total. The molecular weight excluding hydrogens is 242 g/mol. The number of rotatable bonds is 3. The minimum absolute atomic E-state index is 0.313. The first kappa shape index (κ1) is 12.1. The van der Waals surface area contributed by atoms with E-state index < -0.39 is 0 Å². The first-order valence-corrected chi connectivity index (χ1v) is 6.44. The zero-order chi connectivity index (χ0) is 13.2. The number of aromatic nitrogens is 4. The van der Waals surface area contributed by atoms with Crippen molar-refractivity contribution in [3.8, 4) is 11.4 Å². The van der Waals surface area contributed by atoms with Crippen LogP contribution in [0.4, 0.5) is 5.69 Å². The Kier molecular flexibility index (Phi) is 3.16. The van der Waals surface area contributed by atoms with Crippen LogP contribution < -0.4 is 5.73 Å². The zero-order valence-corrected chi connectivity index (χ0v) is 10.9. The van der Waals surface area contributed by atoms with Gasteiger partial charge in [-0.1, -0.05) is 0 Å². The van der Waals surface area contributed by atoms with Crippen molar-refractivity contribution in [2.75, 3.05) is 12.8 Å². The van der Waals surface area contributed by atoms with Crippen LogP contribution in [0.1, 0.15) is 25.3 Å². The summed E-state index contributed by atoms with van der Waals surface area (Å²) in [5.74, 6) is 0.793. The van der Waals surface area contributed by atoms with Gasteiger partial charge in [-0.15, -0.1) is 5.10 Å². The van der Waals surface area contributed by atoms with Crippen LogP contribution in [0.3, 0.4) is 0 Å². The third-order valence-corrected chi connectivity index (χ3v) is 3.70. The molecule has 1 heterocycles. The summed E-state index contributed by atoms with van der Waals surface area (Å²) < 4.78 is 7.31. The number of tetrazole rings is 1. The summed E-state index contributed by atoms with van der Waals surface area (Å²) in [5, 5.41) is 12.1. The summed E-state index contributed by atoms with van der Waals surface area (Å²) in [7, 11) is 1.76. The van der Waals surface area contributed by atoms with Gasteiger partial charge in [-0.25, -0.2) is 4.68 Å². The van der Waals surface area contributed by atoms with Gasteiger partial charge in [-0.3, -0.25) is 0 Å². The van der Waals surface area contributed by atoms with Gasteiger partial charge in [0.05, 0.1) is 12.1 Å². The Bertz CT molecular complexity index is 550. The maximum absolute atomic E-state index is 5.70. The second kappa shape index (κ2) is 4.97. The average molecular weight is 259 g/mol. The van der Waals surface area contributed by atoms with E-state index in [9.17, 15) is 0 Å². The summed E-state index contributed by atoms with van der Waals surface area (Å²) in [6, 6.07) is 7.93. The van der Waals surface area contributed by atoms with E-state index in [1.165, 1.54) is 0 Å². The van der Waals surface area contributed by atoms with Gasteiger partial charge in [0.15, 0.2) is 5.82 Å². The van der Waals surface area contributed by atoms with Crippen molar-refractivity contribution in [3.05, 3.63) is 24.3 Å². The van der Waals surface area contributed by atoms with Crippen LogP contribution in [0.5, 0.6) is 0 Å². The van der Waals surface area contributed by atoms with Gasteiger partial charge >= 0.3 is 0 Å². The molecule has 0 amide bonds. The highest BCUT2D eigenvalue weighted by molar-refractivity contribution is 5.58. The van der Waals surface area contributed by atoms with Crippen LogP contribution in [0, 0.1) is 0 Å². The van der Waals surface area contributed by atoms with Crippen LogP contribution in [-0.2, 0) is 4.74 Å². The lowest BCUT2D eigenvalue weighted by atomic mass is 10.2. The molecule has 1 aliphatic rings. The number of nitrogen functional groups attached to an aromatic ring is 1. The summed E-state index contributed by atoms with van der Waals surface area (Å²) in [4.78, 5) is 0. The highest BCUT2D eigenvalue weighted by Gasteiger charge is 2.28. The number of ether oxygens (including phenoxy) is 1. The average Bonchev–Trinajstić information content (AvgIpc) is 3.07. The molecule has 1 aromatic heterocycles. The highest BCUT2D eigenvalue weighted by atomic mass is 16.5. The van der Waals surface area contributed by atoms with Gasteiger partial charge in [0.1, 0.15) is 0 Å². The molecule has 2 aromatic rings. The van der Waals surface area contributed by atoms with E-state index in [0.717, 1.165) is 36.3 Å². The van der Waals surface area contributed by atoms with Crippen molar-refractivity contribution in [2.24, 2.45) is 0 Å². The lowest BCUT2D eigenvalue weighted by Gasteiger charge is -2.12. The number of nitrogens with zero attached hydrogens (tertiary/aromatic N) is 4. The fraction of sp³-hybridized carbons (Fsp3) is 0.462. The number of hydrogen-bond acceptors (Lipinski definition) is 5. The molecule has 0 bridgehead atoms. The molecule has 1 saturated carbocycles. The monoisotopic (exact) mass is 259 g/mol. The van der Waals surface area contributed by atoms with Crippen molar-refractivity contribution >= 4 is 5.69 Å². The molecule has 0 spiro atoms. The summed E-state index contributed by atoms with van der Waals surface area (Å²) >= 11 is 0. The van der Waals surface area contributed by atoms with Gasteiger partial charge in [0.2, 0.25) is 0 Å². The number of nitrogens with two attached hydrogens (primary N) is 1. The van der Waals surface area contributed by atoms with Gasteiger partial charge in [-0.05, 0) is 54.0 Å². The van der Waals surface area contributed by atoms with E-state index in [4.69, 9.17) is 10.5 Å². The molecule has 3 rings (SSSR count). The molecule has 1 aliphatic carbocycles. The van der Waals surface area contributed by atoms with Crippen molar-refractivity contribution < 1.29 is 4.74 Å². The molecule has 1 aromatic carbocycles. The SMILES string of the molecule is COC1CCC(n2nnnc2-c2ccc(N)cc2)C1. The van der Waals surface area contributed by atoms with Crippen molar-refractivity contribution in [2.45, 2.75) is 31.4 Å². The maximum Gasteiger partial charge on any atom is 0.182 e. The second-order valence-corrected chi connectivity index (χ2v) is 4.89. The van der Waals surface area contributed by atoms with E-state index in [1.807, 2.05) is 28.9 Å². The minimum atomic E-state index is 0.313. The summed E-state index contributed by atoms with van der Waals surface area (Å²) in [6.07, 6.45) is 3.38. The zero-order valence-electron chi connectivity index (χ0n) is 10.9. The molecular formula is C13H17N5O. The normalized spacial score (nSPS) is 22.8. The first-order valence-electron chi connectivity index (χ1n) is 6.44. The molecule has 0 saturated heterocycles. The van der Waals surface area contributed by atoms with E-state index in [1.54, 1.807) is 7.11 Å². The van der Waals surface area contributed by atoms with Crippen molar-refractivity contribution in [1.82, 2.24) is 20.2 Å². The second-order valence-electron chi connectivity index (χ2n) is 4.89. The van der Waals surface area contributed by atoms with Gasteiger partial charge in [0.25, 0.3) is 0 Å². The van der Waals surface area contributed by atoms with Crippen LogP contribution in [0.25, 0.3) is 11.4 Å². The topological polar surface area (TPSA) is 78.8 Å². The third kappa shape index (κ3) is 2.31. The van der Waals surface area contributed by atoms with E-state index in [2.05, 4.69) is 15.5 Å². The smallest absolute Gasteiger partial charge is 0.182 e. The molecule has 2 unspecified atom stereocenters. The number of methoxy groups -OCH3 is 1. The lowest BCUT2D eigenvalue weighted by Crippen LogP contribution is -2.11. The van der Waals surface area contributed by atoms with E-state index >= 15 is 0 Å². The Morgan fingerprint density at radius 2 is 2.05 bits per heavy atom. The standard InChI is InChI=1S/C13H17N5O/c1-19-12-7-6-11(8-12)18-13(15-16-17-18)9-2-4-10(14)5-3-9/h2-5,11-12H,6-8,14H2,1H3. The maximum atomic E-state index is 5.70. The number of anilines is 1. The molecule has 0 aliphatic heterocycles. The molecule has 100 valence electrons. The van der Waals surface area contributed by atoms with Crippen LogP contribution >= 0.6 is 0 Å².